The van der Waals surface area contributed by atoms with E-state index in [1.165, 1.54) is 0 Å². The van der Waals surface area contributed by atoms with E-state index in [-0.39, 0.29) is 17.5 Å². The van der Waals surface area contributed by atoms with Gasteiger partial charge in [-0.1, -0.05) is 13.8 Å². The number of methoxy groups -OCH3 is 1. The van der Waals surface area contributed by atoms with Gasteiger partial charge in [0.2, 0.25) is 5.88 Å². The molecule has 114 valence electrons. The lowest BCUT2D eigenvalue weighted by Gasteiger charge is -2.13. The van der Waals surface area contributed by atoms with Crippen LogP contribution in [0.25, 0.3) is 0 Å². The van der Waals surface area contributed by atoms with Crippen molar-refractivity contribution in [3.05, 3.63) is 11.3 Å². The Hall–Kier alpha value is -1.08. The van der Waals surface area contributed by atoms with Crippen LogP contribution in [0.5, 0.6) is 5.88 Å². The lowest BCUT2D eigenvalue weighted by Crippen LogP contribution is -2.29. The van der Waals surface area contributed by atoms with Gasteiger partial charge >= 0.3 is 0 Å². The van der Waals surface area contributed by atoms with Crippen molar-refractivity contribution in [2.45, 2.75) is 38.8 Å². The number of nitrogens with zero attached hydrogens (tertiary/aromatic N) is 2. The molecule has 6 nitrogen and oxygen atoms in total. The van der Waals surface area contributed by atoms with Gasteiger partial charge in [0.05, 0.1) is 29.9 Å². The van der Waals surface area contributed by atoms with Crippen LogP contribution in [-0.4, -0.2) is 42.9 Å². The Balaban J connectivity index is 2.12. The Kier molecular flexibility index (Phi) is 4.39. The van der Waals surface area contributed by atoms with Crippen LogP contribution < -0.4 is 10.1 Å². The molecule has 1 atom stereocenters. The highest BCUT2D eigenvalue weighted by molar-refractivity contribution is 7.91. The lowest BCUT2D eigenvalue weighted by molar-refractivity contribution is 0.367. The van der Waals surface area contributed by atoms with Crippen LogP contribution in [0.4, 0.5) is 0 Å². The van der Waals surface area contributed by atoms with Crippen LogP contribution in [-0.2, 0) is 23.4 Å². The molecule has 2 heterocycles. The molecular weight excluding hydrogens is 278 g/mol. The van der Waals surface area contributed by atoms with Crippen molar-refractivity contribution in [1.82, 2.24) is 15.1 Å². The number of ether oxygens (including phenoxy) is 1. The third-order valence-corrected chi connectivity index (χ3v) is 5.43. The van der Waals surface area contributed by atoms with Crippen LogP contribution in [0.15, 0.2) is 0 Å². The Morgan fingerprint density at radius 2 is 2.20 bits per heavy atom. The van der Waals surface area contributed by atoms with Crippen LogP contribution in [0.2, 0.25) is 0 Å². The molecule has 1 aliphatic heterocycles. The molecule has 0 spiro atoms. The summed E-state index contributed by atoms with van der Waals surface area (Å²) in [6.45, 7) is 4.77. The monoisotopic (exact) mass is 301 g/mol. The van der Waals surface area contributed by atoms with E-state index in [1.54, 1.807) is 11.8 Å². The Morgan fingerprint density at radius 3 is 2.70 bits per heavy atom. The Bertz CT molecular complexity index is 578. The van der Waals surface area contributed by atoms with Crippen molar-refractivity contribution in [2.24, 2.45) is 7.05 Å². The van der Waals surface area contributed by atoms with Gasteiger partial charge in [0, 0.05) is 19.6 Å². The molecule has 2 rings (SSSR count). The van der Waals surface area contributed by atoms with Gasteiger partial charge in [-0.05, 0) is 12.3 Å². The van der Waals surface area contributed by atoms with Crippen molar-refractivity contribution in [3.63, 3.8) is 0 Å². The van der Waals surface area contributed by atoms with E-state index in [9.17, 15) is 8.42 Å². The summed E-state index contributed by atoms with van der Waals surface area (Å²) in [5, 5.41) is 7.81. The first-order chi connectivity index (χ1) is 9.34. The largest absolute Gasteiger partial charge is 0.481 e. The topological polar surface area (TPSA) is 73.2 Å². The SMILES string of the molecule is COc1c(CN[C@H]2CCS(=O)(=O)C2)c(C(C)C)nn1C. The second kappa shape index (κ2) is 5.73. The van der Waals surface area contributed by atoms with Gasteiger partial charge in [-0.2, -0.15) is 5.10 Å². The van der Waals surface area contributed by atoms with Gasteiger partial charge < -0.3 is 10.1 Å². The van der Waals surface area contributed by atoms with Crippen molar-refractivity contribution in [3.8, 4) is 5.88 Å². The molecule has 0 bridgehead atoms. The fraction of sp³-hybridized carbons (Fsp3) is 0.769. The maximum Gasteiger partial charge on any atom is 0.216 e. The molecule has 1 saturated heterocycles. The van der Waals surface area contributed by atoms with E-state index in [0.29, 0.717) is 18.9 Å². The van der Waals surface area contributed by atoms with Gasteiger partial charge in [0.15, 0.2) is 9.84 Å². The molecule has 0 radical (unpaired) electrons. The smallest absolute Gasteiger partial charge is 0.216 e. The number of rotatable bonds is 5. The maximum absolute atomic E-state index is 11.5. The quantitative estimate of drug-likeness (QED) is 0.872. The molecule has 1 aliphatic rings. The van der Waals surface area contributed by atoms with Crippen LogP contribution in [0, 0.1) is 0 Å². The summed E-state index contributed by atoms with van der Waals surface area (Å²) in [5.74, 6) is 1.55. The summed E-state index contributed by atoms with van der Waals surface area (Å²) in [6, 6.07) is 0.0323. The molecule has 7 heteroatoms. The third-order valence-electron chi connectivity index (χ3n) is 3.66. The van der Waals surface area contributed by atoms with Gasteiger partial charge in [-0.25, -0.2) is 13.1 Å². The summed E-state index contributed by atoms with van der Waals surface area (Å²) in [5.41, 5.74) is 2.02. The van der Waals surface area contributed by atoms with Crippen LogP contribution in [0.1, 0.15) is 37.4 Å². The van der Waals surface area contributed by atoms with E-state index < -0.39 is 9.84 Å². The molecule has 1 aromatic heterocycles. The summed E-state index contributed by atoms with van der Waals surface area (Å²) in [6.07, 6.45) is 0.682. The molecule has 0 saturated carbocycles. The Labute approximate surface area is 120 Å². The van der Waals surface area contributed by atoms with E-state index in [2.05, 4.69) is 24.3 Å². The van der Waals surface area contributed by atoms with E-state index in [4.69, 9.17) is 4.74 Å². The number of hydrogen-bond donors (Lipinski definition) is 1. The van der Waals surface area contributed by atoms with Crippen molar-refractivity contribution < 1.29 is 13.2 Å². The second-order valence-electron chi connectivity index (χ2n) is 5.63. The highest BCUT2D eigenvalue weighted by Gasteiger charge is 2.28. The number of nitrogens with one attached hydrogen (secondary N) is 1. The standard InChI is InChI=1S/C13H23N3O3S/c1-9(2)12-11(13(19-4)16(3)15-12)7-14-10-5-6-20(17,18)8-10/h9-10,14H,5-8H2,1-4H3/t10-/m0/s1. The van der Waals surface area contributed by atoms with Crippen LogP contribution in [0.3, 0.4) is 0 Å². The van der Waals surface area contributed by atoms with E-state index >= 15 is 0 Å². The van der Waals surface area contributed by atoms with Crippen LogP contribution >= 0.6 is 0 Å². The number of aryl methyl sites for hydroxylation is 1. The molecule has 0 amide bonds. The zero-order chi connectivity index (χ0) is 14.9. The Morgan fingerprint density at radius 1 is 1.50 bits per heavy atom. The van der Waals surface area contributed by atoms with Crippen molar-refractivity contribution in [2.75, 3.05) is 18.6 Å². The van der Waals surface area contributed by atoms with E-state index in [0.717, 1.165) is 17.1 Å². The molecule has 0 aromatic carbocycles. The van der Waals surface area contributed by atoms with E-state index in [1.807, 2.05) is 7.05 Å². The average molecular weight is 301 g/mol. The average Bonchev–Trinajstić information content (AvgIpc) is 2.86. The van der Waals surface area contributed by atoms with Gasteiger partial charge in [-0.3, -0.25) is 0 Å². The van der Waals surface area contributed by atoms with Gasteiger partial charge in [-0.15, -0.1) is 0 Å². The van der Waals surface area contributed by atoms with Gasteiger partial charge in [0.1, 0.15) is 0 Å². The molecule has 0 unspecified atom stereocenters. The summed E-state index contributed by atoms with van der Waals surface area (Å²) >= 11 is 0. The summed E-state index contributed by atoms with van der Waals surface area (Å²) in [7, 11) is 0.634. The predicted octanol–water partition coefficient (Wildman–Crippen LogP) is 0.829. The molecule has 20 heavy (non-hydrogen) atoms. The summed E-state index contributed by atoms with van der Waals surface area (Å²) < 4.78 is 30.1. The summed E-state index contributed by atoms with van der Waals surface area (Å²) in [4.78, 5) is 0. The normalized spacial score (nSPS) is 21.6. The number of aromatic nitrogens is 2. The minimum Gasteiger partial charge on any atom is -0.481 e. The molecule has 1 aromatic rings. The first kappa shape index (κ1) is 15.3. The zero-order valence-electron chi connectivity index (χ0n) is 12.5. The zero-order valence-corrected chi connectivity index (χ0v) is 13.3. The first-order valence-electron chi connectivity index (χ1n) is 6.87. The predicted molar refractivity (Wildman–Crippen MR) is 77.7 cm³/mol. The second-order valence-corrected chi connectivity index (χ2v) is 7.86. The molecule has 0 aliphatic carbocycles. The molecular formula is C13H23N3O3S. The maximum atomic E-state index is 11.5. The minimum atomic E-state index is -2.85. The fourth-order valence-electron chi connectivity index (χ4n) is 2.66. The molecule has 1 fully saturated rings. The number of hydrogen-bond acceptors (Lipinski definition) is 5. The molecule has 1 N–H and O–H groups in total. The fourth-order valence-corrected chi connectivity index (χ4v) is 4.37. The lowest BCUT2D eigenvalue weighted by atomic mass is 10.1. The first-order valence-corrected chi connectivity index (χ1v) is 8.69. The van der Waals surface area contributed by atoms with Crippen molar-refractivity contribution >= 4 is 9.84 Å². The van der Waals surface area contributed by atoms with Crippen molar-refractivity contribution in [1.29, 1.82) is 0 Å². The number of sulfone groups is 1. The van der Waals surface area contributed by atoms with Gasteiger partial charge in [0.25, 0.3) is 0 Å². The minimum absolute atomic E-state index is 0.0323. The highest BCUT2D eigenvalue weighted by Crippen LogP contribution is 2.27. The third kappa shape index (κ3) is 3.15. The highest BCUT2D eigenvalue weighted by atomic mass is 32.2.